The monoisotopic (exact) mass is 257 g/mol. The van der Waals surface area contributed by atoms with Crippen LogP contribution in [0.1, 0.15) is 24.1 Å². The van der Waals surface area contributed by atoms with Gasteiger partial charge in [-0.15, -0.1) is 0 Å². The summed E-state index contributed by atoms with van der Waals surface area (Å²) in [4.78, 5) is 2.36. The first-order chi connectivity index (χ1) is 8.11. The van der Waals surface area contributed by atoms with E-state index in [4.69, 9.17) is 11.6 Å². The van der Waals surface area contributed by atoms with Crippen molar-refractivity contribution in [3.05, 3.63) is 16.4 Å². The van der Waals surface area contributed by atoms with Crippen molar-refractivity contribution in [3.8, 4) is 0 Å². The summed E-state index contributed by atoms with van der Waals surface area (Å²) in [6.45, 7) is 5.17. The van der Waals surface area contributed by atoms with Crippen molar-refractivity contribution >= 4 is 11.6 Å². The number of hydrogen-bond acceptors (Lipinski definition) is 3. The smallest absolute Gasteiger partial charge is 0.131 e. The van der Waals surface area contributed by atoms with Crippen molar-refractivity contribution in [2.24, 2.45) is 13.0 Å². The standard InChI is InChI=1S/C12H20ClN3O/c1-9-11(12(13)15(2)14-9)7-16-5-3-4-10(6-16)8-17/h10,17H,3-8H2,1-2H3. The molecule has 0 aliphatic carbocycles. The molecular weight excluding hydrogens is 238 g/mol. The summed E-state index contributed by atoms with van der Waals surface area (Å²) in [6, 6.07) is 0. The molecule has 1 atom stereocenters. The fourth-order valence-electron chi connectivity index (χ4n) is 2.52. The minimum absolute atomic E-state index is 0.288. The van der Waals surface area contributed by atoms with Crippen LogP contribution in [-0.2, 0) is 13.6 Å². The van der Waals surface area contributed by atoms with Crippen LogP contribution in [0.25, 0.3) is 0 Å². The fourth-order valence-corrected chi connectivity index (χ4v) is 2.76. The Bertz CT molecular complexity index is 391. The number of aromatic nitrogens is 2. The third-order valence-corrected chi connectivity index (χ3v) is 3.99. The van der Waals surface area contributed by atoms with E-state index in [1.807, 2.05) is 14.0 Å². The van der Waals surface area contributed by atoms with Crippen molar-refractivity contribution in [1.82, 2.24) is 14.7 Å². The minimum Gasteiger partial charge on any atom is -0.396 e. The zero-order valence-electron chi connectivity index (χ0n) is 10.5. The Morgan fingerprint density at radius 1 is 1.53 bits per heavy atom. The number of hydrogen-bond donors (Lipinski definition) is 1. The van der Waals surface area contributed by atoms with E-state index in [9.17, 15) is 5.11 Å². The molecule has 1 unspecified atom stereocenters. The second-order valence-corrected chi connectivity index (χ2v) is 5.26. The molecule has 1 aromatic rings. The van der Waals surface area contributed by atoms with Crippen molar-refractivity contribution < 1.29 is 5.11 Å². The Kier molecular flexibility index (Phi) is 4.07. The number of rotatable bonds is 3. The average Bonchev–Trinajstić information content (AvgIpc) is 2.56. The highest BCUT2D eigenvalue weighted by Gasteiger charge is 2.21. The Hall–Kier alpha value is -0.580. The maximum atomic E-state index is 9.22. The molecule has 1 aromatic heterocycles. The molecule has 0 spiro atoms. The van der Waals surface area contributed by atoms with Crippen LogP contribution in [0.2, 0.25) is 5.15 Å². The van der Waals surface area contributed by atoms with Crippen LogP contribution in [0.5, 0.6) is 0 Å². The zero-order chi connectivity index (χ0) is 12.4. The van der Waals surface area contributed by atoms with Crippen LogP contribution in [0.3, 0.4) is 0 Å². The lowest BCUT2D eigenvalue weighted by molar-refractivity contribution is 0.116. The quantitative estimate of drug-likeness (QED) is 0.894. The van der Waals surface area contributed by atoms with Gasteiger partial charge in [0, 0.05) is 32.3 Å². The van der Waals surface area contributed by atoms with Crippen LogP contribution in [0, 0.1) is 12.8 Å². The van der Waals surface area contributed by atoms with Crippen molar-refractivity contribution in [3.63, 3.8) is 0 Å². The molecule has 1 aliphatic heterocycles. The van der Waals surface area contributed by atoms with Gasteiger partial charge in [0.1, 0.15) is 5.15 Å². The molecule has 1 aliphatic rings. The van der Waals surface area contributed by atoms with Gasteiger partial charge in [-0.25, -0.2) is 0 Å². The van der Waals surface area contributed by atoms with Gasteiger partial charge in [0.15, 0.2) is 0 Å². The summed E-state index contributed by atoms with van der Waals surface area (Å²) in [6.07, 6.45) is 2.29. The van der Waals surface area contributed by atoms with E-state index in [2.05, 4.69) is 10.00 Å². The number of aliphatic hydroxyl groups excluding tert-OH is 1. The third-order valence-electron chi connectivity index (χ3n) is 3.51. The SMILES string of the molecule is Cc1nn(C)c(Cl)c1CN1CCCC(CO)C1. The number of aliphatic hydroxyl groups is 1. The topological polar surface area (TPSA) is 41.3 Å². The molecule has 1 N–H and O–H groups in total. The van der Waals surface area contributed by atoms with Gasteiger partial charge < -0.3 is 5.11 Å². The van der Waals surface area contributed by atoms with Gasteiger partial charge in [-0.1, -0.05) is 11.6 Å². The third kappa shape index (κ3) is 2.81. The van der Waals surface area contributed by atoms with Crippen LogP contribution in [0.4, 0.5) is 0 Å². The first-order valence-electron chi connectivity index (χ1n) is 6.13. The van der Waals surface area contributed by atoms with Crippen molar-refractivity contribution in [2.45, 2.75) is 26.3 Å². The van der Waals surface area contributed by atoms with Gasteiger partial charge in [0.25, 0.3) is 0 Å². The largest absolute Gasteiger partial charge is 0.396 e. The molecule has 0 bridgehead atoms. The molecule has 5 heteroatoms. The first-order valence-corrected chi connectivity index (χ1v) is 6.50. The molecule has 0 amide bonds. The number of halogens is 1. The molecule has 2 heterocycles. The molecule has 4 nitrogen and oxygen atoms in total. The second kappa shape index (κ2) is 5.38. The molecule has 17 heavy (non-hydrogen) atoms. The van der Waals surface area contributed by atoms with E-state index in [1.54, 1.807) is 4.68 Å². The summed E-state index contributed by atoms with van der Waals surface area (Å²) in [5.41, 5.74) is 2.12. The molecule has 0 saturated carbocycles. The highest BCUT2D eigenvalue weighted by atomic mass is 35.5. The Morgan fingerprint density at radius 2 is 2.29 bits per heavy atom. The lowest BCUT2D eigenvalue weighted by Crippen LogP contribution is -2.36. The molecule has 96 valence electrons. The second-order valence-electron chi connectivity index (χ2n) is 4.90. The lowest BCUT2D eigenvalue weighted by atomic mass is 9.98. The number of piperidine rings is 1. The zero-order valence-corrected chi connectivity index (χ0v) is 11.2. The van der Waals surface area contributed by atoms with Crippen LogP contribution in [0.15, 0.2) is 0 Å². The van der Waals surface area contributed by atoms with Gasteiger partial charge >= 0.3 is 0 Å². The number of likely N-dealkylation sites (tertiary alicyclic amines) is 1. The van der Waals surface area contributed by atoms with E-state index in [0.29, 0.717) is 5.92 Å². The summed E-state index contributed by atoms with van der Waals surface area (Å²) in [5, 5.41) is 14.3. The highest BCUT2D eigenvalue weighted by Crippen LogP contribution is 2.23. The number of aryl methyl sites for hydroxylation is 2. The maximum absolute atomic E-state index is 9.22. The number of nitrogens with zero attached hydrogens (tertiary/aromatic N) is 3. The Labute approximate surface area is 107 Å². The Morgan fingerprint density at radius 3 is 2.88 bits per heavy atom. The molecule has 1 fully saturated rings. The van der Waals surface area contributed by atoms with E-state index in [-0.39, 0.29) is 6.61 Å². The van der Waals surface area contributed by atoms with E-state index in [1.165, 1.54) is 0 Å². The highest BCUT2D eigenvalue weighted by molar-refractivity contribution is 6.30. The van der Waals surface area contributed by atoms with Crippen molar-refractivity contribution in [1.29, 1.82) is 0 Å². The fraction of sp³-hybridized carbons (Fsp3) is 0.750. The van der Waals surface area contributed by atoms with Gasteiger partial charge in [0.2, 0.25) is 0 Å². The minimum atomic E-state index is 0.288. The maximum Gasteiger partial charge on any atom is 0.131 e. The predicted molar refractivity (Wildman–Crippen MR) is 68.0 cm³/mol. The van der Waals surface area contributed by atoms with Crippen molar-refractivity contribution in [2.75, 3.05) is 19.7 Å². The molecule has 0 aromatic carbocycles. The molecule has 2 rings (SSSR count). The average molecular weight is 258 g/mol. The lowest BCUT2D eigenvalue weighted by Gasteiger charge is -2.31. The molecule has 0 radical (unpaired) electrons. The Balaban J connectivity index is 2.05. The summed E-state index contributed by atoms with van der Waals surface area (Å²) in [7, 11) is 1.87. The molecular formula is C12H20ClN3O. The summed E-state index contributed by atoms with van der Waals surface area (Å²) < 4.78 is 1.72. The van der Waals surface area contributed by atoms with E-state index >= 15 is 0 Å². The van der Waals surface area contributed by atoms with Crippen LogP contribution < -0.4 is 0 Å². The van der Waals surface area contributed by atoms with Crippen LogP contribution >= 0.6 is 11.6 Å². The first kappa shape index (κ1) is 12.9. The molecule has 1 saturated heterocycles. The van der Waals surface area contributed by atoms with E-state index in [0.717, 1.165) is 48.9 Å². The van der Waals surface area contributed by atoms with Gasteiger partial charge in [-0.2, -0.15) is 5.10 Å². The van der Waals surface area contributed by atoms with Gasteiger partial charge in [0.05, 0.1) is 5.69 Å². The van der Waals surface area contributed by atoms with E-state index < -0.39 is 0 Å². The van der Waals surface area contributed by atoms with Gasteiger partial charge in [-0.05, 0) is 32.2 Å². The summed E-state index contributed by atoms with van der Waals surface area (Å²) >= 11 is 6.23. The predicted octanol–water partition coefficient (Wildman–Crippen LogP) is 1.59. The summed E-state index contributed by atoms with van der Waals surface area (Å²) in [5.74, 6) is 0.416. The van der Waals surface area contributed by atoms with Gasteiger partial charge in [-0.3, -0.25) is 9.58 Å². The van der Waals surface area contributed by atoms with Crippen LogP contribution in [-0.4, -0.2) is 39.5 Å². The normalized spacial score (nSPS) is 22.0.